The predicted molar refractivity (Wildman–Crippen MR) is 58.1 cm³/mol. The molecular weight excluding hydrogens is 197 g/mol. The number of ether oxygens (including phenoxy) is 1. The van der Waals surface area contributed by atoms with Crippen molar-refractivity contribution < 1.29 is 9.30 Å². The van der Waals surface area contributed by atoms with E-state index in [1.54, 1.807) is 0 Å². The van der Waals surface area contributed by atoms with E-state index in [-0.39, 0.29) is 0 Å². The summed E-state index contributed by atoms with van der Waals surface area (Å²) in [5.74, 6) is 0. The van der Waals surface area contributed by atoms with Crippen LogP contribution in [0.25, 0.3) is 0 Å². The molecule has 0 saturated carbocycles. The van der Waals surface area contributed by atoms with Crippen LogP contribution in [0.15, 0.2) is 0 Å². The molecule has 0 N–H and O–H groups in total. The van der Waals surface area contributed by atoms with E-state index in [1.165, 1.54) is 0 Å². The highest BCUT2D eigenvalue weighted by atomic mass is 31.2. The second-order valence-corrected chi connectivity index (χ2v) is 7.88. The molecule has 0 radical (unpaired) electrons. The second kappa shape index (κ2) is 3.33. The monoisotopic (exact) mass is 217 g/mol. The molecule has 4 heteroatoms. The van der Waals surface area contributed by atoms with Crippen LogP contribution in [-0.2, 0) is 9.30 Å². The van der Waals surface area contributed by atoms with E-state index in [2.05, 4.69) is 32.4 Å². The van der Waals surface area contributed by atoms with Crippen LogP contribution in [0, 0.1) is 0 Å². The smallest absolute Gasteiger partial charge is 0.156 e. The fraction of sp³-hybridized carbons (Fsp3) is 1.00. The second-order valence-electron chi connectivity index (χ2n) is 4.99. The van der Waals surface area contributed by atoms with Gasteiger partial charge in [0.1, 0.15) is 0 Å². The lowest BCUT2D eigenvalue weighted by Gasteiger charge is -2.36. The highest BCUT2D eigenvalue weighted by Crippen LogP contribution is 2.62. The van der Waals surface area contributed by atoms with E-state index < -0.39 is 7.29 Å². The standard InChI is InChI=1S/C10H20NO2P/c1-7(2)11(8(3)4)14(12)5-9-10(6-14)13-9/h7-10H,5-6H2,1-4H3. The molecule has 2 fully saturated rings. The van der Waals surface area contributed by atoms with Crippen LogP contribution in [0.3, 0.4) is 0 Å². The molecule has 2 heterocycles. The molecule has 2 unspecified atom stereocenters. The maximum atomic E-state index is 12.7. The maximum absolute atomic E-state index is 12.7. The largest absolute Gasteiger partial charge is 0.368 e. The molecule has 82 valence electrons. The van der Waals surface area contributed by atoms with Gasteiger partial charge in [0.2, 0.25) is 0 Å². The third kappa shape index (κ3) is 1.66. The van der Waals surface area contributed by atoms with E-state index >= 15 is 0 Å². The Morgan fingerprint density at radius 2 is 1.57 bits per heavy atom. The van der Waals surface area contributed by atoms with Crippen molar-refractivity contribution in [2.24, 2.45) is 0 Å². The Morgan fingerprint density at radius 3 is 1.93 bits per heavy atom. The number of fused-ring (bicyclic) bond motifs is 1. The molecule has 0 aromatic carbocycles. The zero-order chi connectivity index (χ0) is 10.5. The first-order valence-corrected chi connectivity index (χ1v) is 7.49. The van der Waals surface area contributed by atoms with Gasteiger partial charge in [-0.2, -0.15) is 0 Å². The third-order valence-corrected chi connectivity index (χ3v) is 6.72. The van der Waals surface area contributed by atoms with Crippen molar-refractivity contribution in [1.29, 1.82) is 0 Å². The molecule has 14 heavy (non-hydrogen) atoms. The molecule has 0 bridgehead atoms. The molecular formula is C10H20NO2P. The summed E-state index contributed by atoms with van der Waals surface area (Å²) in [6.45, 7) is 8.52. The zero-order valence-electron chi connectivity index (χ0n) is 9.43. The average molecular weight is 217 g/mol. The van der Waals surface area contributed by atoms with Gasteiger partial charge in [-0.05, 0) is 27.7 Å². The number of hydrogen-bond donors (Lipinski definition) is 0. The number of epoxide rings is 1. The summed E-state index contributed by atoms with van der Waals surface area (Å²) in [6.07, 6.45) is 2.21. The van der Waals surface area contributed by atoms with Gasteiger partial charge in [0.25, 0.3) is 0 Å². The summed E-state index contributed by atoms with van der Waals surface area (Å²) >= 11 is 0. The number of rotatable bonds is 3. The minimum Gasteiger partial charge on any atom is -0.368 e. The summed E-state index contributed by atoms with van der Waals surface area (Å²) in [7, 11) is -2.09. The Bertz CT molecular complexity index is 255. The minimum atomic E-state index is -2.09. The molecule has 3 nitrogen and oxygen atoms in total. The Morgan fingerprint density at radius 1 is 1.14 bits per heavy atom. The van der Waals surface area contributed by atoms with Gasteiger partial charge in [-0.25, -0.2) is 4.67 Å². The van der Waals surface area contributed by atoms with Gasteiger partial charge in [0, 0.05) is 24.4 Å². The van der Waals surface area contributed by atoms with Crippen molar-refractivity contribution in [2.45, 2.75) is 52.0 Å². The van der Waals surface area contributed by atoms with Crippen LogP contribution in [0.4, 0.5) is 0 Å². The molecule has 2 saturated heterocycles. The van der Waals surface area contributed by atoms with Gasteiger partial charge in [0.15, 0.2) is 7.29 Å². The van der Waals surface area contributed by atoms with Gasteiger partial charge in [-0.3, -0.25) is 0 Å². The molecule has 0 aromatic heterocycles. The summed E-state index contributed by atoms with van der Waals surface area (Å²) in [4.78, 5) is 0. The fourth-order valence-electron chi connectivity index (χ4n) is 2.76. The van der Waals surface area contributed by atoms with Crippen molar-refractivity contribution >= 4 is 7.29 Å². The fourth-order valence-corrected chi connectivity index (χ4v) is 6.74. The normalized spacial score (nSPS) is 41.1. The highest BCUT2D eigenvalue weighted by Gasteiger charge is 2.56. The van der Waals surface area contributed by atoms with Crippen molar-refractivity contribution in [3.63, 3.8) is 0 Å². The van der Waals surface area contributed by atoms with E-state index in [0.717, 1.165) is 12.3 Å². The Hall–Kier alpha value is 0.150. The van der Waals surface area contributed by atoms with Crippen LogP contribution in [0.5, 0.6) is 0 Å². The summed E-state index contributed by atoms with van der Waals surface area (Å²) in [5.41, 5.74) is 0. The van der Waals surface area contributed by atoms with E-state index in [0.29, 0.717) is 24.3 Å². The van der Waals surface area contributed by atoms with Crippen molar-refractivity contribution in [3.8, 4) is 0 Å². The van der Waals surface area contributed by atoms with Crippen LogP contribution in [0.2, 0.25) is 0 Å². The van der Waals surface area contributed by atoms with Crippen LogP contribution in [-0.4, -0.2) is 41.3 Å². The molecule has 2 rings (SSSR count). The number of hydrogen-bond acceptors (Lipinski definition) is 2. The van der Waals surface area contributed by atoms with Crippen molar-refractivity contribution in [3.05, 3.63) is 0 Å². The molecule has 0 aromatic rings. The molecule has 2 aliphatic rings. The number of nitrogens with zero attached hydrogens (tertiary/aromatic N) is 1. The first kappa shape index (κ1) is 10.7. The third-order valence-electron chi connectivity index (χ3n) is 3.10. The van der Waals surface area contributed by atoms with Crippen LogP contribution < -0.4 is 0 Å². The van der Waals surface area contributed by atoms with Gasteiger partial charge >= 0.3 is 0 Å². The maximum Gasteiger partial charge on any atom is 0.156 e. The quantitative estimate of drug-likeness (QED) is 0.536. The van der Waals surface area contributed by atoms with Gasteiger partial charge in [-0.1, -0.05) is 0 Å². The lowest BCUT2D eigenvalue weighted by molar-refractivity contribution is 0.289. The van der Waals surface area contributed by atoms with Gasteiger partial charge in [0.05, 0.1) is 12.2 Å². The predicted octanol–water partition coefficient (Wildman–Crippen LogP) is 2.16. The Balaban J connectivity index is 2.14. The molecule has 0 spiro atoms. The Labute approximate surface area is 86.2 Å². The van der Waals surface area contributed by atoms with Gasteiger partial charge in [-0.15, -0.1) is 0 Å². The van der Waals surface area contributed by atoms with Crippen molar-refractivity contribution in [1.82, 2.24) is 4.67 Å². The topological polar surface area (TPSA) is 32.8 Å². The van der Waals surface area contributed by atoms with Crippen molar-refractivity contribution in [2.75, 3.05) is 12.3 Å². The molecule has 0 aliphatic carbocycles. The van der Waals surface area contributed by atoms with E-state index in [9.17, 15) is 4.57 Å². The SMILES string of the molecule is CC(C)N(C(C)C)P1(=O)CC2OC2C1. The first-order chi connectivity index (χ1) is 6.44. The van der Waals surface area contributed by atoms with Gasteiger partial charge < -0.3 is 9.30 Å². The summed E-state index contributed by atoms with van der Waals surface area (Å²) < 4.78 is 20.3. The highest BCUT2D eigenvalue weighted by molar-refractivity contribution is 7.62. The first-order valence-electron chi connectivity index (χ1n) is 5.46. The van der Waals surface area contributed by atoms with E-state index in [1.807, 2.05) is 0 Å². The van der Waals surface area contributed by atoms with E-state index in [4.69, 9.17) is 4.74 Å². The molecule has 2 atom stereocenters. The van der Waals surface area contributed by atoms with Crippen LogP contribution >= 0.6 is 7.29 Å². The summed E-state index contributed by atoms with van der Waals surface area (Å²) in [5, 5.41) is 0. The lowest BCUT2D eigenvalue weighted by atomic mass is 10.3. The lowest BCUT2D eigenvalue weighted by Crippen LogP contribution is -2.35. The molecule has 0 amide bonds. The zero-order valence-corrected chi connectivity index (χ0v) is 10.3. The minimum absolute atomic E-state index is 0.320. The molecule has 2 aliphatic heterocycles. The average Bonchev–Trinajstić information content (AvgIpc) is 2.56. The Kier molecular flexibility index (Phi) is 2.53. The van der Waals surface area contributed by atoms with Crippen LogP contribution in [0.1, 0.15) is 27.7 Å². The summed E-state index contributed by atoms with van der Waals surface area (Å²) in [6, 6.07) is 0.747.